The number of nitrogens with one attached hydrogen (secondary N) is 1. The van der Waals surface area contributed by atoms with E-state index in [1.165, 1.54) is 25.1 Å². The normalized spacial score (nSPS) is 24.3. The van der Waals surface area contributed by atoms with Crippen molar-refractivity contribution in [2.45, 2.75) is 25.4 Å². The number of nitrogens with zero attached hydrogens (tertiary/aromatic N) is 1. The van der Waals surface area contributed by atoms with E-state index >= 15 is 0 Å². The Morgan fingerprint density at radius 1 is 1.33 bits per heavy atom. The molecular formula is C13H20N2. The number of hydrogen-bond acceptors (Lipinski definition) is 2. The van der Waals surface area contributed by atoms with Crippen LogP contribution in [0.5, 0.6) is 0 Å². The summed E-state index contributed by atoms with van der Waals surface area (Å²) in [6.07, 6.45) is 1.27. The molecule has 2 atom stereocenters. The molecule has 0 spiro atoms. The quantitative estimate of drug-likeness (QED) is 0.810. The monoisotopic (exact) mass is 204 g/mol. The molecule has 0 saturated carbocycles. The molecule has 2 heteroatoms. The molecule has 0 radical (unpaired) electrons. The van der Waals surface area contributed by atoms with Gasteiger partial charge in [-0.05, 0) is 32.5 Å². The summed E-state index contributed by atoms with van der Waals surface area (Å²) in [6, 6.07) is 11.8. The SMILES string of the molecule is C[C@H](NC1CCN(C)C1)c1ccccc1. The molecule has 0 amide bonds. The van der Waals surface area contributed by atoms with Crippen LogP contribution in [0.2, 0.25) is 0 Å². The second-order valence-corrected chi connectivity index (χ2v) is 4.55. The largest absolute Gasteiger partial charge is 0.306 e. The minimum absolute atomic E-state index is 0.461. The van der Waals surface area contributed by atoms with E-state index in [1.807, 2.05) is 0 Å². The molecule has 0 bridgehead atoms. The van der Waals surface area contributed by atoms with E-state index in [2.05, 4.69) is 54.5 Å². The van der Waals surface area contributed by atoms with Crippen molar-refractivity contribution in [1.29, 1.82) is 0 Å². The standard InChI is InChI=1S/C13H20N2/c1-11(12-6-4-3-5-7-12)14-13-8-9-15(2)10-13/h3-7,11,13-14H,8-10H2,1-2H3/t11-,13?/m0/s1. The van der Waals surface area contributed by atoms with Crippen LogP contribution in [0.15, 0.2) is 30.3 Å². The van der Waals surface area contributed by atoms with Crippen LogP contribution in [-0.4, -0.2) is 31.1 Å². The van der Waals surface area contributed by atoms with E-state index < -0.39 is 0 Å². The van der Waals surface area contributed by atoms with Gasteiger partial charge >= 0.3 is 0 Å². The van der Waals surface area contributed by atoms with Crippen LogP contribution in [0.25, 0.3) is 0 Å². The van der Waals surface area contributed by atoms with E-state index in [-0.39, 0.29) is 0 Å². The van der Waals surface area contributed by atoms with Gasteiger partial charge in [0, 0.05) is 18.6 Å². The molecule has 1 heterocycles. The fourth-order valence-electron chi connectivity index (χ4n) is 2.26. The number of likely N-dealkylation sites (tertiary alicyclic amines) is 1. The van der Waals surface area contributed by atoms with E-state index in [0.717, 1.165) is 0 Å². The van der Waals surface area contributed by atoms with E-state index in [9.17, 15) is 0 Å². The third-order valence-electron chi connectivity index (χ3n) is 3.18. The maximum atomic E-state index is 3.68. The topological polar surface area (TPSA) is 15.3 Å². The summed E-state index contributed by atoms with van der Waals surface area (Å²) in [5.74, 6) is 0. The van der Waals surface area contributed by atoms with Crippen molar-refractivity contribution < 1.29 is 0 Å². The van der Waals surface area contributed by atoms with Crippen molar-refractivity contribution >= 4 is 0 Å². The molecular weight excluding hydrogens is 184 g/mol. The fourth-order valence-corrected chi connectivity index (χ4v) is 2.26. The summed E-state index contributed by atoms with van der Waals surface area (Å²) in [4.78, 5) is 2.38. The smallest absolute Gasteiger partial charge is 0.0294 e. The zero-order valence-electron chi connectivity index (χ0n) is 9.61. The van der Waals surface area contributed by atoms with Gasteiger partial charge < -0.3 is 10.2 Å². The summed E-state index contributed by atoms with van der Waals surface area (Å²) >= 11 is 0. The highest BCUT2D eigenvalue weighted by Crippen LogP contribution is 2.15. The summed E-state index contributed by atoms with van der Waals surface area (Å²) in [7, 11) is 2.19. The Morgan fingerprint density at radius 3 is 2.67 bits per heavy atom. The zero-order valence-corrected chi connectivity index (χ0v) is 9.61. The molecule has 1 N–H and O–H groups in total. The van der Waals surface area contributed by atoms with Crippen molar-refractivity contribution in [3.8, 4) is 0 Å². The highest BCUT2D eigenvalue weighted by atomic mass is 15.2. The fraction of sp³-hybridized carbons (Fsp3) is 0.538. The summed E-state index contributed by atoms with van der Waals surface area (Å²) in [5.41, 5.74) is 1.38. The molecule has 1 aromatic carbocycles. The molecule has 1 fully saturated rings. The molecule has 1 aromatic rings. The van der Waals surface area contributed by atoms with Crippen molar-refractivity contribution in [1.82, 2.24) is 10.2 Å². The first-order chi connectivity index (χ1) is 7.25. The number of benzene rings is 1. The Balaban J connectivity index is 1.90. The predicted molar refractivity (Wildman–Crippen MR) is 63.9 cm³/mol. The van der Waals surface area contributed by atoms with Crippen LogP contribution in [0.1, 0.15) is 24.9 Å². The van der Waals surface area contributed by atoms with Gasteiger partial charge in [0.2, 0.25) is 0 Å². The van der Waals surface area contributed by atoms with Crippen LogP contribution < -0.4 is 5.32 Å². The van der Waals surface area contributed by atoms with Crippen molar-refractivity contribution in [2.24, 2.45) is 0 Å². The maximum absolute atomic E-state index is 3.68. The molecule has 15 heavy (non-hydrogen) atoms. The van der Waals surface area contributed by atoms with Crippen molar-refractivity contribution in [3.05, 3.63) is 35.9 Å². The lowest BCUT2D eigenvalue weighted by Gasteiger charge is -2.19. The molecule has 2 nitrogen and oxygen atoms in total. The lowest BCUT2D eigenvalue weighted by Crippen LogP contribution is -2.33. The van der Waals surface area contributed by atoms with Crippen molar-refractivity contribution in [3.63, 3.8) is 0 Å². The van der Waals surface area contributed by atoms with Gasteiger partial charge in [0.05, 0.1) is 0 Å². The van der Waals surface area contributed by atoms with Gasteiger partial charge in [0.15, 0.2) is 0 Å². The highest BCUT2D eigenvalue weighted by Gasteiger charge is 2.20. The average molecular weight is 204 g/mol. The molecule has 1 saturated heterocycles. The third-order valence-corrected chi connectivity index (χ3v) is 3.18. The molecule has 1 aliphatic rings. The predicted octanol–water partition coefficient (Wildman–Crippen LogP) is 2.04. The molecule has 82 valence electrons. The number of hydrogen-bond donors (Lipinski definition) is 1. The van der Waals surface area contributed by atoms with E-state index in [4.69, 9.17) is 0 Å². The Bertz CT molecular complexity index is 297. The van der Waals surface area contributed by atoms with Gasteiger partial charge in [-0.15, -0.1) is 0 Å². The van der Waals surface area contributed by atoms with E-state index in [1.54, 1.807) is 0 Å². The molecule has 1 unspecified atom stereocenters. The minimum atomic E-state index is 0.461. The van der Waals surface area contributed by atoms with Gasteiger partial charge in [-0.1, -0.05) is 30.3 Å². The minimum Gasteiger partial charge on any atom is -0.306 e. The Hall–Kier alpha value is -0.860. The van der Waals surface area contributed by atoms with Gasteiger partial charge in [-0.2, -0.15) is 0 Å². The van der Waals surface area contributed by atoms with Crippen LogP contribution in [0, 0.1) is 0 Å². The van der Waals surface area contributed by atoms with Crippen LogP contribution >= 0.6 is 0 Å². The summed E-state index contributed by atoms with van der Waals surface area (Å²) in [5, 5.41) is 3.68. The molecule has 0 aromatic heterocycles. The molecule has 1 aliphatic heterocycles. The third kappa shape index (κ3) is 2.80. The van der Waals surface area contributed by atoms with Crippen LogP contribution in [0.3, 0.4) is 0 Å². The Morgan fingerprint density at radius 2 is 2.07 bits per heavy atom. The van der Waals surface area contributed by atoms with Crippen LogP contribution in [0.4, 0.5) is 0 Å². The van der Waals surface area contributed by atoms with Crippen molar-refractivity contribution in [2.75, 3.05) is 20.1 Å². The molecule has 0 aliphatic carbocycles. The maximum Gasteiger partial charge on any atom is 0.0294 e. The van der Waals surface area contributed by atoms with Gasteiger partial charge in [-0.3, -0.25) is 0 Å². The highest BCUT2D eigenvalue weighted by molar-refractivity contribution is 5.18. The Kier molecular flexibility index (Phi) is 3.39. The number of likely N-dealkylation sites (N-methyl/N-ethyl adjacent to an activating group) is 1. The average Bonchev–Trinajstić information content (AvgIpc) is 2.65. The first kappa shape index (κ1) is 10.7. The second kappa shape index (κ2) is 4.77. The lowest BCUT2D eigenvalue weighted by atomic mass is 10.1. The van der Waals surface area contributed by atoms with E-state index in [0.29, 0.717) is 12.1 Å². The van der Waals surface area contributed by atoms with Gasteiger partial charge in [0.25, 0.3) is 0 Å². The second-order valence-electron chi connectivity index (χ2n) is 4.55. The zero-order chi connectivity index (χ0) is 10.7. The Labute approximate surface area is 92.3 Å². The number of rotatable bonds is 3. The summed E-state index contributed by atoms with van der Waals surface area (Å²) < 4.78 is 0. The summed E-state index contributed by atoms with van der Waals surface area (Å²) in [6.45, 7) is 4.64. The van der Waals surface area contributed by atoms with Gasteiger partial charge in [-0.25, -0.2) is 0 Å². The first-order valence-corrected chi connectivity index (χ1v) is 5.75. The van der Waals surface area contributed by atoms with Crippen LogP contribution in [-0.2, 0) is 0 Å². The van der Waals surface area contributed by atoms with Gasteiger partial charge in [0.1, 0.15) is 0 Å². The first-order valence-electron chi connectivity index (χ1n) is 5.75. The molecule has 2 rings (SSSR count). The lowest BCUT2D eigenvalue weighted by molar-refractivity contribution is 0.387.